The predicted molar refractivity (Wildman–Crippen MR) is 104 cm³/mol. The zero-order valence-corrected chi connectivity index (χ0v) is 15.5. The van der Waals surface area contributed by atoms with Crippen LogP contribution in [-0.2, 0) is 4.79 Å². The summed E-state index contributed by atoms with van der Waals surface area (Å²) in [4.78, 5) is 17.2. The van der Waals surface area contributed by atoms with Crippen molar-refractivity contribution in [3.63, 3.8) is 0 Å². The van der Waals surface area contributed by atoms with E-state index >= 15 is 0 Å². The van der Waals surface area contributed by atoms with E-state index in [-0.39, 0.29) is 18.4 Å². The van der Waals surface area contributed by atoms with E-state index in [4.69, 9.17) is 5.11 Å². The van der Waals surface area contributed by atoms with Gasteiger partial charge in [-0.15, -0.1) is 0 Å². The third-order valence-corrected chi connectivity index (χ3v) is 5.29. The molecule has 0 aromatic heterocycles. The number of hydrogen-bond acceptors (Lipinski definition) is 3. The van der Waals surface area contributed by atoms with Crippen LogP contribution in [0, 0.1) is 6.92 Å². The van der Waals surface area contributed by atoms with Crippen LogP contribution < -0.4 is 0 Å². The fourth-order valence-corrected chi connectivity index (χ4v) is 3.74. The summed E-state index contributed by atoms with van der Waals surface area (Å²) in [6, 6.07) is 18.7. The molecule has 2 aromatic carbocycles. The summed E-state index contributed by atoms with van der Waals surface area (Å²) in [5.41, 5.74) is 3.64. The van der Waals surface area contributed by atoms with Gasteiger partial charge in [-0.25, -0.2) is 0 Å². The maximum absolute atomic E-state index is 13.0. The first-order chi connectivity index (χ1) is 12.7. The topological polar surface area (TPSA) is 43.8 Å². The number of rotatable bonds is 6. The zero-order chi connectivity index (χ0) is 18.4. The molecule has 4 heteroatoms. The molecule has 0 aliphatic carbocycles. The second-order valence-corrected chi connectivity index (χ2v) is 6.97. The number of carbonyl (C=O) groups is 1. The number of aryl methyl sites for hydroxylation is 1. The molecule has 1 atom stereocenters. The molecule has 0 spiro atoms. The van der Waals surface area contributed by atoms with Crippen LogP contribution in [0.1, 0.15) is 29.0 Å². The third-order valence-electron chi connectivity index (χ3n) is 5.29. The van der Waals surface area contributed by atoms with Crippen LogP contribution in [0.3, 0.4) is 0 Å². The van der Waals surface area contributed by atoms with E-state index in [2.05, 4.69) is 42.2 Å². The van der Waals surface area contributed by atoms with Crippen LogP contribution >= 0.6 is 0 Å². The van der Waals surface area contributed by atoms with Crippen LogP contribution in [-0.4, -0.2) is 60.1 Å². The molecule has 1 N–H and O–H groups in total. The molecule has 138 valence electrons. The van der Waals surface area contributed by atoms with Gasteiger partial charge in [0.15, 0.2) is 0 Å². The van der Waals surface area contributed by atoms with Gasteiger partial charge >= 0.3 is 0 Å². The van der Waals surface area contributed by atoms with Crippen molar-refractivity contribution in [2.45, 2.75) is 19.3 Å². The molecule has 1 heterocycles. The summed E-state index contributed by atoms with van der Waals surface area (Å²) >= 11 is 0. The minimum absolute atomic E-state index is 0.0837. The number of β-amino-alcohol motifs (C(OH)–C–C–N with tert-alkyl or cyclic N) is 1. The van der Waals surface area contributed by atoms with Gasteiger partial charge in [0.25, 0.3) is 0 Å². The Hall–Kier alpha value is -2.17. The Balaban J connectivity index is 1.74. The monoisotopic (exact) mass is 352 g/mol. The molecule has 4 nitrogen and oxygen atoms in total. The Bertz CT molecular complexity index is 709. The average Bonchev–Trinajstić information content (AvgIpc) is 2.68. The molecule has 1 unspecified atom stereocenters. The van der Waals surface area contributed by atoms with Gasteiger partial charge in [0.2, 0.25) is 5.91 Å². The lowest BCUT2D eigenvalue weighted by Gasteiger charge is -2.35. The number of aliphatic hydroxyl groups is 1. The van der Waals surface area contributed by atoms with Crippen molar-refractivity contribution in [2.24, 2.45) is 0 Å². The molecule has 0 saturated carbocycles. The zero-order valence-electron chi connectivity index (χ0n) is 15.5. The lowest BCUT2D eigenvalue weighted by atomic mass is 9.85. The van der Waals surface area contributed by atoms with Crippen molar-refractivity contribution in [1.82, 2.24) is 9.80 Å². The van der Waals surface area contributed by atoms with Gasteiger partial charge in [-0.2, -0.15) is 0 Å². The Labute approximate surface area is 156 Å². The quantitative estimate of drug-likeness (QED) is 0.869. The number of hydrogen-bond donors (Lipinski definition) is 1. The normalized spacial score (nSPS) is 16.5. The second-order valence-electron chi connectivity index (χ2n) is 6.97. The van der Waals surface area contributed by atoms with E-state index in [1.54, 1.807) is 0 Å². The van der Waals surface area contributed by atoms with Crippen molar-refractivity contribution >= 4 is 5.91 Å². The Morgan fingerprint density at radius 1 is 1.00 bits per heavy atom. The van der Waals surface area contributed by atoms with Crippen molar-refractivity contribution in [3.05, 3.63) is 71.3 Å². The largest absolute Gasteiger partial charge is 0.395 e. The van der Waals surface area contributed by atoms with E-state index in [0.29, 0.717) is 13.0 Å². The first kappa shape index (κ1) is 18.6. The van der Waals surface area contributed by atoms with Crippen LogP contribution in [0.15, 0.2) is 54.6 Å². The maximum atomic E-state index is 13.0. The molecule has 1 fully saturated rings. The first-order valence-electron chi connectivity index (χ1n) is 9.40. The SMILES string of the molecule is Cc1ccccc1C(CC(=O)N1CCN(CCO)CC1)c1ccccc1. The van der Waals surface area contributed by atoms with Gasteiger partial charge in [0.05, 0.1) is 6.61 Å². The lowest BCUT2D eigenvalue weighted by molar-refractivity contribution is -0.133. The predicted octanol–water partition coefficient (Wildman–Crippen LogP) is 2.65. The molecule has 1 saturated heterocycles. The second kappa shape index (κ2) is 8.97. The lowest BCUT2D eigenvalue weighted by Crippen LogP contribution is -2.49. The van der Waals surface area contributed by atoms with Gasteiger partial charge in [-0.05, 0) is 23.6 Å². The Morgan fingerprint density at radius 2 is 1.65 bits per heavy atom. The summed E-state index contributed by atoms with van der Waals surface area (Å²) in [5.74, 6) is 0.297. The number of nitrogens with zero attached hydrogens (tertiary/aromatic N) is 2. The molecule has 3 rings (SSSR count). The summed E-state index contributed by atoms with van der Waals surface area (Å²) in [7, 11) is 0. The minimum atomic E-state index is 0.0837. The van der Waals surface area contributed by atoms with Gasteiger partial charge in [-0.1, -0.05) is 54.6 Å². The van der Waals surface area contributed by atoms with E-state index in [9.17, 15) is 4.79 Å². The maximum Gasteiger partial charge on any atom is 0.223 e. The summed E-state index contributed by atoms with van der Waals surface area (Å²) in [6.45, 7) is 6.15. The first-order valence-corrected chi connectivity index (χ1v) is 9.40. The molecule has 1 aliphatic heterocycles. The van der Waals surface area contributed by atoms with E-state index < -0.39 is 0 Å². The van der Waals surface area contributed by atoms with Gasteiger partial charge in [0, 0.05) is 45.1 Å². The minimum Gasteiger partial charge on any atom is -0.395 e. The van der Waals surface area contributed by atoms with Crippen LogP contribution in [0.4, 0.5) is 0 Å². The number of piperazine rings is 1. The van der Waals surface area contributed by atoms with Crippen LogP contribution in [0.5, 0.6) is 0 Å². The Kier molecular flexibility index (Phi) is 6.42. The fraction of sp³-hybridized carbons (Fsp3) is 0.409. The number of aliphatic hydroxyl groups excluding tert-OH is 1. The van der Waals surface area contributed by atoms with Crippen LogP contribution in [0.25, 0.3) is 0 Å². The Morgan fingerprint density at radius 3 is 2.31 bits per heavy atom. The van der Waals surface area contributed by atoms with Crippen LogP contribution in [0.2, 0.25) is 0 Å². The molecule has 2 aromatic rings. The van der Waals surface area contributed by atoms with Crippen molar-refractivity contribution in [3.8, 4) is 0 Å². The fourth-order valence-electron chi connectivity index (χ4n) is 3.74. The van der Waals surface area contributed by atoms with E-state index in [0.717, 1.165) is 26.2 Å². The molecule has 0 radical (unpaired) electrons. The molecule has 26 heavy (non-hydrogen) atoms. The van der Waals surface area contributed by atoms with Gasteiger partial charge in [0.1, 0.15) is 0 Å². The van der Waals surface area contributed by atoms with E-state index in [1.165, 1.54) is 16.7 Å². The highest BCUT2D eigenvalue weighted by Gasteiger charge is 2.25. The van der Waals surface area contributed by atoms with Crippen molar-refractivity contribution in [2.75, 3.05) is 39.3 Å². The molecular weight excluding hydrogens is 324 g/mol. The van der Waals surface area contributed by atoms with Gasteiger partial charge < -0.3 is 10.0 Å². The molecular formula is C22H28N2O2. The summed E-state index contributed by atoms with van der Waals surface area (Å²) in [6.07, 6.45) is 0.495. The third kappa shape index (κ3) is 4.51. The number of carbonyl (C=O) groups excluding carboxylic acids is 1. The smallest absolute Gasteiger partial charge is 0.223 e. The summed E-state index contributed by atoms with van der Waals surface area (Å²) in [5, 5.41) is 9.07. The standard InChI is InChI=1S/C22H28N2O2/c1-18-7-5-6-10-20(18)21(19-8-3-2-4-9-19)17-22(26)24-13-11-23(12-14-24)15-16-25/h2-10,21,25H,11-17H2,1H3. The van der Waals surface area contributed by atoms with Crippen molar-refractivity contribution < 1.29 is 9.90 Å². The summed E-state index contributed by atoms with van der Waals surface area (Å²) < 4.78 is 0. The highest BCUT2D eigenvalue weighted by atomic mass is 16.3. The molecule has 1 amide bonds. The average molecular weight is 352 g/mol. The van der Waals surface area contributed by atoms with E-state index in [1.807, 2.05) is 29.2 Å². The molecule has 0 bridgehead atoms. The highest BCUT2D eigenvalue weighted by molar-refractivity contribution is 5.78. The molecule has 1 aliphatic rings. The van der Waals surface area contributed by atoms with Crippen molar-refractivity contribution in [1.29, 1.82) is 0 Å². The van der Waals surface area contributed by atoms with Gasteiger partial charge in [-0.3, -0.25) is 9.69 Å². The number of amides is 1. The highest BCUT2D eigenvalue weighted by Crippen LogP contribution is 2.31. The number of benzene rings is 2.